The molecular formula is C11H14ClNO. The Bertz CT molecular complexity index is 340. The number of halogens is 1. The van der Waals surface area contributed by atoms with Crippen LogP contribution in [-0.4, -0.2) is 11.1 Å². The summed E-state index contributed by atoms with van der Waals surface area (Å²) in [6, 6.07) is 5.56. The normalized spacial score (nSPS) is 26.8. The van der Waals surface area contributed by atoms with Gasteiger partial charge in [-0.25, -0.2) is 0 Å². The Hall–Kier alpha value is -0.570. The molecule has 0 unspecified atom stereocenters. The number of rotatable bonds is 0. The lowest BCUT2D eigenvalue weighted by molar-refractivity contribution is 0.144. The molecular weight excluding hydrogens is 198 g/mol. The van der Waals surface area contributed by atoms with Crippen LogP contribution in [0.2, 0.25) is 5.02 Å². The first kappa shape index (κ1) is 9.97. The van der Waals surface area contributed by atoms with Gasteiger partial charge < -0.3 is 10.8 Å². The van der Waals surface area contributed by atoms with Gasteiger partial charge in [0.15, 0.2) is 0 Å². The molecule has 2 nitrogen and oxygen atoms in total. The zero-order valence-corrected chi connectivity index (χ0v) is 8.67. The predicted molar refractivity (Wildman–Crippen MR) is 57.3 cm³/mol. The lowest BCUT2D eigenvalue weighted by Gasteiger charge is -2.18. The van der Waals surface area contributed by atoms with Crippen LogP contribution in [-0.2, 0) is 6.42 Å². The molecule has 0 saturated carbocycles. The van der Waals surface area contributed by atoms with Gasteiger partial charge in [-0.2, -0.15) is 0 Å². The molecule has 1 aromatic rings. The first-order valence-electron chi connectivity index (χ1n) is 4.91. The summed E-state index contributed by atoms with van der Waals surface area (Å²) in [5.41, 5.74) is 7.82. The summed E-state index contributed by atoms with van der Waals surface area (Å²) in [6.45, 7) is 0. The number of benzene rings is 1. The van der Waals surface area contributed by atoms with Gasteiger partial charge in [0.2, 0.25) is 0 Å². The Balaban J connectivity index is 2.49. The van der Waals surface area contributed by atoms with Crippen LogP contribution in [0.1, 0.15) is 30.1 Å². The fourth-order valence-electron chi connectivity index (χ4n) is 2.03. The van der Waals surface area contributed by atoms with E-state index in [1.54, 1.807) is 0 Å². The lowest BCUT2D eigenvalue weighted by Crippen LogP contribution is -2.27. The van der Waals surface area contributed by atoms with Crippen LogP contribution in [0, 0.1) is 0 Å². The zero-order valence-electron chi connectivity index (χ0n) is 7.91. The molecule has 76 valence electrons. The van der Waals surface area contributed by atoms with Crippen LogP contribution < -0.4 is 5.73 Å². The maximum absolute atomic E-state index is 9.98. The number of aryl methyl sites for hydroxylation is 1. The molecule has 0 bridgehead atoms. The molecule has 0 aromatic heterocycles. The van der Waals surface area contributed by atoms with Crippen molar-refractivity contribution in [3.8, 4) is 0 Å². The van der Waals surface area contributed by atoms with Gasteiger partial charge >= 0.3 is 0 Å². The van der Waals surface area contributed by atoms with Crippen LogP contribution >= 0.6 is 11.6 Å². The van der Waals surface area contributed by atoms with Gasteiger partial charge in [0.05, 0.1) is 6.10 Å². The van der Waals surface area contributed by atoms with E-state index >= 15 is 0 Å². The lowest BCUT2D eigenvalue weighted by atomic mass is 9.99. The third-order valence-corrected chi connectivity index (χ3v) is 3.16. The molecule has 2 rings (SSSR count). The quantitative estimate of drug-likeness (QED) is 0.646. The number of aliphatic hydroxyl groups excluding tert-OH is 1. The smallest absolute Gasteiger partial charge is 0.0957 e. The summed E-state index contributed by atoms with van der Waals surface area (Å²) in [7, 11) is 0. The summed E-state index contributed by atoms with van der Waals surface area (Å²) >= 11 is 6.06. The Kier molecular flexibility index (Phi) is 2.77. The number of fused-ring (bicyclic) bond motifs is 1. The molecule has 0 radical (unpaired) electrons. The molecule has 0 aliphatic heterocycles. The number of aliphatic hydroxyl groups is 1. The van der Waals surface area contributed by atoms with E-state index in [-0.39, 0.29) is 6.04 Å². The third-order valence-electron chi connectivity index (χ3n) is 2.83. The second-order valence-corrected chi connectivity index (χ2v) is 4.22. The van der Waals surface area contributed by atoms with Gasteiger partial charge in [-0.05, 0) is 30.9 Å². The van der Waals surface area contributed by atoms with E-state index < -0.39 is 6.10 Å². The van der Waals surface area contributed by atoms with E-state index in [0.29, 0.717) is 5.02 Å². The minimum Gasteiger partial charge on any atom is -0.387 e. The Morgan fingerprint density at radius 2 is 2.21 bits per heavy atom. The predicted octanol–water partition coefficient (Wildman–Crippen LogP) is 2.04. The van der Waals surface area contributed by atoms with Crippen molar-refractivity contribution in [2.75, 3.05) is 0 Å². The van der Waals surface area contributed by atoms with Crippen molar-refractivity contribution in [3.63, 3.8) is 0 Å². The molecule has 14 heavy (non-hydrogen) atoms. The van der Waals surface area contributed by atoms with Crippen molar-refractivity contribution in [2.24, 2.45) is 5.73 Å². The zero-order chi connectivity index (χ0) is 10.1. The number of nitrogens with two attached hydrogens (primary N) is 1. The summed E-state index contributed by atoms with van der Waals surface area (Å²) in [5, 5.41) is 10.6. The van der Waals surface area contributed by atoms with Gasteiger partial charge in [-0.1, -0.05) is 23.7 Å². The fraction of sp³-hybridized carbons (Fsp3) is 0.455. The van der Waals surface area contributed by atoms with Crippen molar-refractivity contribution in [1.82, 2.24) is 0 Å². The van der Waals surface area contributed by atoms with Crippen molar-refractivity contribution in [3.05, 3.63) is 34.3 Å². The van der Waals surface area contributed by atoms with Crippen molar-refractivity contribution < 1.29 is 5.11 Å². The number of hydrogen-bond donors (Lipinski definition) is 2. The molecule has 0 spiro atoms. The fourth-order valence-corrected chi connectivity index (χ4v) is 2.34. The second-order valence-electron chi connectivity index (χ2n) is 3.81. The van der Waals surface area contributed by atoms with Gasteiger partial charge in [-0.15, -0.1) is 0 Å². The van der Waals surface area contributed by atoms with Gasteiger partial charge in [0, 0.05) is 16.6 Å². The standard InChI is InChI=1S/C11H14ClNO/c12-8-5-1-3-7-4-2-6-9(13)11(14)10(7)8/h1,3,5,9,11,14H,2,4,6,13H2/t9-,11+/m0/s1. The minimum absolute atomic E-state index is 0.184. The minimum atomic E-state index is -0.610. The maximum Gasteiger partial charge on any atom is 0.0957 e. The summed E-state index contributed by atoms with van der Waals surface area (Å²) in [5.74, 6) is 0. The van der Waals surface area contributed by atoms with Gasteiger partial charge in [0.25, 0.3) is 0 Å². The van der Waals surface area contributed by atoms with Crippen LogP contribution in [0.25, 0.3) is 0 Å². The molecule has 1 aliphatic rings. The van der Waals surface area contributed by atoms with Gasteiger partial charge in [-0.3, -0.25) is 0 Å². The molecule has 1 aromatic carbocycles. The molecule has 2 atom stereocenters. The second kappa shape index (κ2) is 3.89. The Morgan fingerprint density at radius 3 is 3.00 bits per heavy atom. The van der Waals surface area contributed by atoms with E-state index in [0.717, 1.165) is 30.4 Å². The average molecular weight is 212 g/mol. The first-order chi connectivity index (χ1) is 6.70. The summed E-state index contributed by atoms with van der Waals surface area (Å²) in [6.07, 6.45) is 2.22. The highest BCUT2D eigenvalue weighted by Crippen LogP contribution is 2.33. The van der Waals surface area contributed by atoms with Crippen molar-refractivity contribution in [2.45, 2.75) is 31.4 Å². The highest BCUT2D eigenvalue weighted by molar-refractivity contribution is 6.31. The molecule has 0 amide bonds. The van der Waals surface area contributed by atoms with Crippen LogP contribution in [0.3, 0.4) is 0 Å². The molecule has 0 fully saturated rings. The van der Waals surface area contributed by atoms with Crippen LogP contribution in [0.4, 0.5) is 0 Å². The van der Waals surface area contributed by atoms with Crippen molar-refractivity contribution in [1.29, 1.82) is 0 Å². The topological polar surface area (TPSA) is 46.2 Å². The van der Waals surface area contributed by atoms with Crippen molar-refractivity contribution >= 4 is 11.6 Å². The molecule has 0 heterocycles. The third kappa shape index (κ3) is 1.65. The highest BCUT2D eigenvalue weighted by atomic mass is 35.5. The van der Waals surface area contributed by atoms with E-state index in [2.05, 4.69) is 0 Å². The summed E-state index contributed by atoms with van der Waals surface area (Å²) in [4.78, 5) is 0. The van der Waals surface area contributed by atoms with E-state index in [4.69, 9.17) is 17.3 Å². The highest BCUT2D eigenvalue weighted by Gasteiger charge is 2.24. The molecule has 0 saturated heterocycles. The monoisotopic (exact) mass is 211 g/mol. The average Bonchev–Trinajstić information content (AvgIpc) is 2.29. The summed E-state index contributed by atoms with van der Waals surface area (Å²) < 4.78 is 0. The Morgan fingerprint density at radius 1 is 1.43 bits per heavy atom. The molecule has 3 N–H and O–H groups in total. The number of hydrogen-bond acceptors (Lipinski definition) is 2. The largest absolute Gasteiger partial charge is 0.387 e. The van der Waals surface area contributed by atoms with E-state index in [1.165, 1.54) is 0 Å². The SMILES string of the molecule is N[C@H]1CCCc2cccc(Cl)c2[C@@H]1O. The van der Waals surface area contributed by atoms with Crippen LogP contribution in [0.5, 0.6) is 0 Å². The van der Waals surface area contributed by atoms with Gasteiger partial charge in [0.1, 0.15) is 0 Å². The van der Waals surface area contributed by atoms with E-state index in [9.17, 15) is 5.11 Å². The molecule has 1 aliphatic carbocycles. The Labute approximate surface area is 88.7 Å². The van der Waals surface area contributed by atoms with E-state index in [1.807, 2.05) is 18.2 Å². The first-order valence-corrected chi connectivity index (χ1v) is 5.29. The maximum atomic E-state index is 9.98. The van der Waals surface area contributed by atoms with Crippen LogP contribution in [0.15, 0.2) is 18.2 Å². The molecule has 3 heteroatoms.